The Kier molecular flexibility index (Phi) is 10.0. The Labute approximate surface area is 235 Å². The van der Waals surface area contributed by atoms with E-state index in [2.05, 4.69) is 22.6 Å². The van der Waals surface area contributed by atoms with Gasteiger partial charge in [0.25, 0.3) is 0 Å². The average Bonchev–Trinajstić information content (AvgIpc) is 2.91. The monoisotopic (exact) mass is 632 g/mol. The molecule has 8 heteroatoms. The van der Waals surface area contributed by atoms with E-state index in [1.807, 2.05) is 67.6 Å². The Balaban J connectivity index is 1.66. The number of aryl methyl sites for hydroxylation is 1. The quantitative estimate of drug-likeness (QED) is 0.163. The van der Waals surface area contributed by atoms with Crippen LogP contribution in [0.1, 0.15) is 28.4 Å². The van der Waals surface area contributed by atoms with Gasteiger partial charge in [-0.2, -0.15) is 0 Å². The molecule has 0 radical (unpaired) electrons. The topological polar surface area (TPSA) is 71.1 Å². The molecule has 37 heavy (non-hydrogen) atoms. The maximum Gasteiger partial charge on any atom is 0.338 e. The van der Waals surface area contributed by atoms with Crippen LogP contribution in [0.2, 0.25) is 0 Å². The Bertz CT molecular complexity index is 1160. The van der Waals surface area contributed by atoms with Crippen LogP contribution in [0.4, 0.5) is 0 Å². The van der Waals surface area contributed by atoms with Crippen LogP contribution in [0.3, 0.4) is 0 Å². The van der Waals surface area contributed by atoms with E-state index in [1.165, 1.54) is 18.7 Å². The molecule has 0 bridgehead atoms. The zero-order chi connectivity index (χ0) is 26.2. The largest absolute Gasteiger partial charge is 0.455 e. The molecule has 5 atom stereocenters. The number of carbonyl (C=O) groups excluding carboxylic acids is 2. The molecule has 0 amide bonds. The summed E-state index contributed by atoms with van der Waals surface area (Å²) < 4.78 is 25.2. The Morgan fingerprint density at radius 1 is 0.865 bits per heavy atom. The zero-order valence-corrected chi connectivity index (χ0v) is 23.6. The number of carbonyl (C=O) groups is 2. The summed E-state index contributed by atoms with van der Waals surface area (Å²) in [4.78, 5) is 26.4. The van der Waals surface area contributed by atoms with Crippen molar-refractivity contribution in [1.29, 1.82) is 0 Å². The van der Waals surface area contributed by atoms with Gasteiger partial charge in [0.15, 0.2) is 12.2 Å². The average molecular weight is 633 g/mol. The molecule has 0 spiro atoms. The second-order valence-corrected chi connectivity index (χ2v) is 10.8. The minimum atomic E-state index is -0.878. The molecular formula is C29H29IO6S. The van der Waals surface area contributed by atoms with Crippen LogP contribution < -0.4 is 0 Å². The number of benzene rings is 3. The van der Waals surface area contributed by atoms with Crippen LogP contribution in [0.15, 0.2) is 89.8 Å². The number of ether oxygens (including phenoxy) is 4. The van der Waals surface area contributed by atoms with Crippen molar-refractivity contribution >= 4 is 46.3 Å². The Morgan fingerprint density at radius 2 is 1.51 bits per heavy atom. The summed E-state index contributed by atoms with van der Waals surface area (Å²) in [7, 11) is 0. The molecule has 0 aromatic heterocycles. The van der Waals surface area contributed by atoms with Crippen molar-refractivity contribution in [3.05, 3.63) is 102 Å². The van der Waals surface area contributed by atoms with Crippen molar-refractivity contribution < 1.29 is 28.5 Å². The normalized spacial score (nSPS) is 23.3. The first kappa shape index (κ1) is 27.6. The first-order valence-electron chi connectivity index (χ1n) is 12.0. The number of hydrogen-bond donors (Lipinski definition) is 0. The number of halogens is 1. The Morgan fingerprint density at radius 3 is 2.14 bits per heavy atom. The molecule has 0 N–H and O–H groups in total. The SMILES string of the molecule is CC(=O)O[C@@H]1[C@@H](OC(=O)c2ccccc2)[C@@H](OCc2ccccc2)[C@@H](CI)O[C@H]1Sc1ccc(C)cc1. The van der Waals surface area contributed by atoms with E-state index in [4.69, 9.17) is 18.9 Å². The van der Waals surface area contributed by atoms with E-state index >= 15 is 0 Å². The van der Waals surface area contributed by atoms with Crippen molar-refractivity contribution in [3.8, 4) is 0 Å². The highest BCUT2D eigenvalue weighted by molar-refractivity contribution is 14.1. The highest BCUT2D eigenvalue weighted by Crippen LogP contribution is 2.38. The van der Waals surface area contributed by atoms with Gasteiger partial charge in [-0.3, -0.25) is 4.79 Å². The van der Waals surface area contributed by atoms with Crippen LogP contribution in [-0.4, -0.2) is 46.2 Å². The summed E-state index contributed by atoms with van der Waals surface area (Å²) in [6.45, 7) is 3.66. The highest BCUT2D eigenvalue weighted by atomic mass is 127. The van der Waals surface area contributed by atoms with Crippen LogP contribution >= 0.6 is 34.4 Å². The predicted molar refractivity (Wildman–Crippen MR) is 151 cm³/mol. The second-order valence-electron chi connectivity index (χ2n) is 8.70. The number of rotatable bonds is 9. The summed E-state index contributed by atoms with van der Waals surface area (Å²) in [5.41, 5.74) is 1.92. The van der Waals surface area contributed by atoms with Crippen molar-refractivity contribution in [2.75, 3.05) is 4.43 Å². The Hall–Kier alpha value is -2.40. The molecule has 0 aliphatic carbocycles. The second kappa shape index (κ2) is 13.4. The third kappa shape index (κ3) is 7.56. The molecule has 0 unspecified atom stereocenters. The van der Waals surface area contributed by atoms with Crippen molar-refractivity contribution in [2.45, 2.75) is 55.2 Å². The summed E-state index contributed by atoms with van der Waals surface area (Å²) in [5, 5.41) is 0. The lowest BCUT2D eigenvalue weighted by molar-refractivity contribution is -0.221. The maximum atomic E-state index is 13.2. The van der Waals surface area contributed by atoms with Gasteiger partial charge in [-0.1, -0.05) is 101 Å². The highest BCUT2D eigenvalue weighted by Gasteiger charge is 2.51. The van der Waals surface area contributed by atoms with Gasteiger partial charge >= 0.3 is 11.9 Å². The van der Waals surface area contributed by atoms with E-state index in [0.717, 1.165) is 16.0 Å². The van der Waals surface area contributed by atoms with Crippen molar-refractivity contribution in [3.63, 3.8) is 0 Å². The first-order chi connectivity index (χ1) is 17.9. The number of hydrogen-bond acceptors (Lipinski definition) is 7. The number of esters is 2. The third-order valence-electron chi connectivity index (χ3n) is 5.86. The molecule has 3 aromatic carbocycles. The molecule has 0 saturated carbocycles. The molecule has 1 heterocycles. The molecule has 1 fully saturated rings. The summed E-state index contributed by atoms with van der Waals surface area (Å²) in [6.07, 6.45) is -2.80. The molecule has 1 aliphatic heterocycles. The van der Waals surface area contributed by atoms with Gasteiger partial charge in [-0.05, 0) is 36.8 Å². The van der Waals surface area contributed by atoms with E-state index in [-0.39, 0.29) is 0 Å². The van der Waals surface area contributed by atoms with Gasteiger partial charge in [0, 0.05) is 16.2 Å². The van der Waals surface area contributed by atoms with Crippen molar-refractivity contribution in [2.24, 2.45) is 0 Å². The van der Waals surface area contributed by atoms with E-state index in [9.17, 15) is 9.59 Å². The van der Waals surface area contributed by atoms with Gasteiger partial charge < -0.3 is 18.9 Å². The lowest BCUT2D eigenvalue weighted by atomic mass is 9.99. The van der Waals surface area contributed by atoms with Gasteiger partial charge in [-0.25, -0.2) is 4.79 Å². The molecule has 1 aliphatic rings. The fraction of sp³-hybridized carbons (Fsp3) is 0.310. The van der Waals surface area contributed by atoms with Crippen LogP contribution in [0.25, 0.3) is 0 Å². The molecular weight excluding hydrogens is 603 g/mol. The lowest BCUT2D eigenvalue weighted by Gasteiger charge is -2.44. The zero-order valence-electron chi connectivity index (χ0n) is 20.6. The molecule has 4 rings (SSSR count). The van der Waals surface area contributed by atoms with Crippen LogP contribution in [0.5, 0.6) is 0 Å². The summed E-state index contributed by atoms with van der Waals surface area (Å²) >= 11 is 3.68. The maximum absolute atomic E-state index is 13.2. The van der Waals surface area contributed by atoms with Gasteiger partial charge in [0.1, 0.15) is 11.5 Å². The van der Waals surface area contributed by atoms with Crippen LogP contribution in [0, 0.1) is 6.92 Å². The summed E-state index contributed by atoms with van der Waals surface area (Å²) in [5.74, 6) is -0.997. The fourth-order valence-electron chi connectivity index (χ4n) is 4.03. The third-order valence-corrected chi connectivity index (χ3v) is 7.88. The van der Waals surface area contributed by atoms with Crippen LogP contribution in [-0.2, 0) is 30.3 Å². The van der Waals surface area contributed by atoms with Gasteiger partial charge in [-0.15, -0.1) is 0 Å². The molecule has 6 nitrogen and oxygen atoms in total. The predicted octanol–water partition coefficient (Wildman–Crippen LogP) is 5.99. The van der Waals surface area contributed by atoms with Gasteiger partial charge in [0.05, 0.1) is 18.3 Å². The van der Waals surface area contributed by atoms with E-state index < -0.39 is 41.8 Å². The van der Waals surface area contributed by atoms with E-state index in [0.29, 0.717) is 16.6 Å². The van der Waals surface area contributed by atoms with Gasteiger partial charge in [0.2, 0.25) is 0 Å². The number of alkyl halides is 1. The molecule has 194 valence electrons. The first-order valence-corrected chi connectivity index (χ1v) is 14.4. The summed E-state index contributed by atoms with van der Waals surface area (Å²) in [6, 6.07) is 26.5. The fourth-order valence-corrected chi connectivity index (χ4v) is 5.85. The van der Waals surface area contributed by atoms with Crippen molar-refractivity contribution in [1.82, 2.24) is 0 Å². The smallest absolute Gasteiger partial charge is 0.338 e. The standard InChI is InChI=1S/C29H29IO6S/c1-19-13-15-23(16-14-19)37-29-27(34-20(2)31)26(36-28(32)22-11-7-4-8-12-22)25(24(17-30)35-29)33-18-21-9-5-3-6-10-21/h3-16,24-27,29H,17-18H2,1-2H3/t24-,25+,26+,27-,29+/m1/s1. The van der Waals surface area contributed by atoms with E-state index in [1.54, 1.807) is 24.3 Å². The minimum Gasteiger partial charge on any atom is -0.455 e. The minimum absolute atomic E-state index is 0.296. The lowest BCUT2D eigenvalue weighted by Crippen LogP contribution is -2.60. The molecule has 1 saturated heterocycles. The molecule has 3 aromatic rings. The number of thioether (sulfide) groups is 1.